The predicted octanol–water partition coefficient (Wildman–Crippen LogP) is 0.272. The fourth-order valence-electron chi connectivity index (χ4n) is 0.945. The van der Waals surface area contributed by atoms with Crippen LogP contribution in [0, 0.1) is 0 Å². The van der Waals surface area contributed by atoms with Crippen molar-refractivity contribution in [1.82, 2.24) is 10.6 Å². The zero-order chi connectivity index (χ0) is 12.8. The Morgan fingerprint density at radius 3 is 2.25 bits per heavy atom. The van der Waals surface area contributed by atoms with E-state index in [1.54, 1.807) is 27.8 Å². The fraction of sp³-hybridized carbons (Fsp3) is 0.800. The number of esters is 1. The number of carbonyl (C=O) groups excluding carboxylic acids is 2. The maximum atomic E-state index is 11.3. The number of hydrogen-bond acceptors (Lipinski definition) is 5. The molecule has 16 heavy (non-hydrogen) atoms. The van der Waals surface area contributed by atoms with Crippen LogP contribution in [0.4, 0.5) is 4.79 Å². The lowest BCUT2D eigenvalue weighted by Crippen LogP contribution is -2.46. The van der Waals surface area contributed by atoms with E-state index in [-0.39, 0.29) is 6.54 Å². The Labute approximate surface area is 95.7 Å². The number of likely N-dealkylation sites (N-methyl/N-ethyl adjacent to an activating group) is 1. The largest absolute Gasteiger partial charge is 0.468 e. The average molecular weight is 232 g/mol. The summed E-state index contributed by atoms with van der Waals surface area (Å²) in [5, 5.41) is 5.21. The Bertz CT molecular complexity index is 248. The van der Waals surface area contributed by atoms with Crippen LogP contribution < -0.4 is 10.6 Å². The molecular weight excluding hydrogens is 212 g/mol. The lowest BCUT2D eigenvalue weighted by atomic mass is 10.2. The molecule has 0 spiro atoms. The van der Waals surface area contributed by atoms with Crippen molar-refractivity contribution in [3.05, 3.63) is 0 Å². The standard InChI is InChI=1S/C10H20N2O4/c1-10(2,3)16-9(14)12-6-7(11-4)8(13)15-5/h7,11H,6H2,1-5H3,(H,12,14)/t7-/m0/s1. The van der Waals surface area contributed by atoms with Crippen molar-refractivity contribution in [3.63, 3.8) is 0 Å². The Hall–Kier alpha value is -1.30. The molecule has 0 aromatic carbocycles. The lowest BCUT2D eigenvalue weighted by molar-refractivity contribution is -0.142. The van der Waals surface area contributed by atoms with Crippen LogP contribution in [-0.2, 0) is 14.3 Å². The molecule has 0 fully saturated rings. The van der Waals surface area contributed by atoms with E-state index in [0.29, 0.717) is 0 Å². The quantitative estimate of drug-likeness (QED) is 0.680. The van der Waals surface area contributed by atoms with Crippen molar-refractivity contribution in [1.29, 1.82) is 0 Å². The van der Waals surface area contributed by atoms with Crippen LogP contribution >= 0.6 is 0 Å². The Morgan fingerprint density at radius 1 is 1.31 bits per heavy atom. The second-order valence-electron chi connectivity index (χ2n) is 4.25. The summed E-state index contributed by atoms with van der Waals surface area (Å²) in [5.74, 6) is -0.432. The highest BCUT2D eigenvalue weighted by Gasteiger charge is 2.20. The van der Waals surface area contributed by atoms with Crippen molar-refractivity contribution < 1.29 is 19.1 Å². The molecule has 0 saturated carbocycles. The predicted molar refractivity (Wildman–Crippen MR) is 59.1 cm³/mol. The van der Waals surface area contributed by atoms with E-state index in [9.17, 15) is 9.59 Å². The van der Waals surface area contributed by atoms with Gasteiger partial charge in [-0.25, -0.2) is 4.79 Å². The van der Waals surface area contributed by atoms with Crippen LogP contribution in [-0.4, -0.2) is 44.4 Å². The summed E-state index contributed by atoms with van der Waals surface area (Å²) in [4.78, 5) is 22.4. The van der Waals surface area contributed by atoms with Crippen molar-refractivity contribution in [3.8, 4) is 0 Å². The molecule has 0 bridgehead atoms. The van der Waals surface area contributed by atoms with Crippen molar-refractivity contribution in [2.75, 3.05) is 20.7 Å². The molecule has 94 valence electrons. The number of rotatable bonds is 4. The van der Waals surface area contributed by atoms with Crippen LogP contribution in [0.5, 0.6) is 0 Å². The molecule has 0 aromatic rings. The Morgan fingerprint density at radius 2 is 1.88 bits per heavy atom. The van der Waals surface area contributed by atoms with Gasteiger partial charge >= 0.3 is 12.1 Å². The third-order valence-electron chi connectivity index (χ3n) is 1.68. The number of nitrogens with one attached hydrogen (secondary N) is 2. The maximum absolute atomic E-state index is 11.3. The molecule has 0 aliphatic rings. The van der Waals surface area contributed by atoms with E-state index in [1.807, 2.05) is 0 Å². The molecule has 1 atom stereocenters. The third kappa shape index (κ3) is 6.23. The highest BCUT2D eigenvalue weighted by atomic mass is 16.6. The maximum Gasteiger partial charge on any atom is 0.407 e. The van der Waals surface area contributed by atoms with E-state index in [2.05, 4.69) is 15.4 Å². The molecule has 0 rings (SSSR count). The van der Waals surface area contributed by atoms with Gasteiger partial charge in [-0.1, -0.05) is 0 Å². The normalized spacial score (nSPS) is 12.8. The van der Waals surface area contributed by atoms with Gasteiger partial charge in [0.25, 0.3) is 0 Å². The fourth-order valence-corrected chi connectivity index (χ4v) is 0.945. The van der Waals surface area contributed by atoms with Gasteiger partial charge in [-0.15, -0.1) is 0 Å². The molecule has 6 nitrogen and oxygen atoms in total. The van der Waals surface area contributed by atoms with Crippen LogP contribution in [0.25, 0.3) is 0 Å². The van der Waals surface area contributed by atoms with E-state index < -0.39 is 23.7 Å². The van der Waals surface area contributed by atoms with E-state index >= 15 is 0 Å². The average Bonchev–Trinajstić information content (AvgIpc) is 2.15. The molecule has 6 heteroatoms. The first-order chi connectivity index (χ1) is 7.30. The number of carbonyl (C=O) groups is 2. The smallest absolute Gasteiger partial charge is 0.407 e. The molecule has 0 saturated heterocycles. The van der Waals surface area contributed by atoms with Gasteiger partial charge in [-0.3, -0.25) is 4.79 Å². The topological polar surface area (TPSA) is 76.7 Å². The van der Waals surface area contributed by atoms with Crippen LogP contribution in [0.3, 0.4) is 0 Å². The minimum Gasteiger partial charge on any atom is -0.468 e. The monoisotopic (exact) mass is 232 g/mol. The Balaban J connectivity index is 4.03. The second-order valence-corrected chi connectivity index (χ2v) is 4.25. The zero-order valence-corrected chi connectivity index (χ0v) is 10.4. The summed E-state index contributed by atoms with van der Waals surface area (Å²) >= 11 is 0. The van der Waals surface area contributed by atoms with Gasteiger partial charge in [-0.2, -0.15) is 0 Å². The van der Waals surface area contributed by atoms with Gasteiger partial charge < -0.3 is 20.1 Å². The Kier molecular flexibility index (Phi) is 5.81. The van der Waals surface area contributed by atoms with Crippen LogP contribution in [0.15, 0.2) is 0 Å². The first-order valence-corrected chi connectivity index (χ1v) is 5.02. The lowest BCUT2D eigenvalue weighted by Gasteiger charge is -2.21. The molecule has 1 amide bonds. The molecular formula is C10H20N2O4. The van der Waals surface area contributed by atoms with Gasteiger partial charge in [-0.05, 0) is 27.8 Å². The van der Waals surface area contributed by atoms with Gasteiger partial charge in [0.05, 0.1) is 7.11 Å². The van der Waals surface area contributed by atoms with Gasteiger partial charge in [0.1, 0.15) is 11.6 Å². The molecule has 0 aromatic heterocycles. The van der Waals surface area contributed by atoms with Crippen molar-refractivity contribution in [2.24, 2.45) is 0 Å². The summed E-state index contributed by atoms with van der Waals surface area (Å²) in [6.07, 6.45) is -0.559. The number of methoxy groups -OCH3 is 1. The number of hydrogen-bond donors (Lipinski definition) is 2. The van der Waals surface area contributed by atoms with Crippen molar-refractivity contribution >= 4 is 12.1 Å². The summed E-state index contributed by atoms with van der Waals surface area (Å²) in [6.45, 7) is 5.42. The SMILES string of the molecule is CN[C@@H](CNC(=O)OC(C)(C)C)C(=O)OC. The van der Waals surface area contributed by atoms with Gasteiger partial charge in [0.2, 0.25) is 0 Å². The number of alkyl carbamates (subject to hydrolysis) is 1. The van der Waals surface area contributed by atoms with E-state index in [4.69, 9.17) is 4.74 Å². The molecule has 0 aliphatic heterocycles. The molecule has 0 unspecified atom stereocenters. The molecule has 2 N–H and O–H groups in total. The van der Waals surface area contributed by atoms with Gasteiger partial charge in [0, 0.05) is 6.54 Å². The second kappa shape index (κ2) is 6.32. The minimum atomic E-state index is -0.572. The molecule has 0 aliphatic carbocycles. The van der Waals surface area contributed by atoms with Crippen molar-refractivity contribution in [2.45, 2.75) is 32.4 Å². The molecule has 0 radical (unpaired) electrons. The number of ether oxygens (including phenoxy) is 2. The first kappa shape index (κ1) is 14.7. The van der Waals surface area contributed by atoms with E-state index in [1.165, 1.54) is 7.11 Å². The minimum absolute atomic E-state index is 0.123. The highest BCUT2D eigenvalue weighted by molar-refractivity contribution is 5.77. The summed E-state index contributed by atoms with van der Waals surface area (Å²) in [7, 11) is 2.90. The van der Waals surface area contributed by atoms with Crippen LogP contribution in [0.1, 0.15) is 20.8 Å². The van der Waals surface area contributed by atoms with E-state index in [0.717, 1.165) is 0 Å². The van der Waals surface area contributed by atoms with Crippen LogP contribution in [0.2, 0.25) is 0 Å². The summed E-state index contributed by atoms with van der Waals surface area (Å²) in [6, 6.07) is -0.572. The first-order valence-electron chi connectivity index (χ1n) is 5.02. The zero-order valence-electron chi connectivity index (χ0n) is 10.4. The third-order valence-corrected chi connectivity index (χ3v) is 1.68. The summed E-state index contributed by atoms with van der Waals surface area (Å²) in [5.41, 5.74) is -0.551. The highest BCUT2D eigenvalue weighted by Crippen LogP contribution is 2.06. The number of amides is 1. The molecule has 0 heterocycles. The summed E-state index contributed by atoms with van der Waals surface area (Å²) < 4.78 is 9.56. The van der Waals surface area contributed by atoms with Gasteiger partial charge in [0.15, 0.2) is 0 Å².